The molecule has 114 valence electrons. The van der Waals surface area contributed by atoms with Gasteiger partial charge in [-0.3, -0.25) is 0 Å². The molecule has 1 aliphatic rings. The largest absolute Gasteiger partial charge is 0.493 e. The number of fused-ring (bicyclic) bond motifs is 1. The van der Waals surface area contributed by atoms with Crippen LogP contribution in [-0.2, 0) is 4.79 Å². The summed E-state index contributed by atoms with van der Waals surface area (Å²) in [5.74, 6) is -1.33. The fourth-order valence-electron chi connectivity index (χ4n) is 1.90. The van der Waals surface area contributed by atoms with Crippen molar-refractivity contribution in [1.29, 1.82) is 0 Å². The van der Waals surface area contributed by atoms with Gasteiger partial charge in [0.2, 0.25) is 6.10 Å². The minimum Gasteiger partial charge on any atom is -0.493 e. The van der Waals surface area contributed by atoms with E-state index >= 15 is 0 Å². The highest BCUT2D eigenvalue weighted by atomic mass is 19.4. The topological polar surface area (TPSA) is 55.8 Å². The third-order valence-electron chi connectivity index (χ3n) is 2.84. The molecular weight excluding hydrogens is 289 g/mol. The first-order chi connectivity index (χ1) is 9.82. The van der Waals surface area contributed by atoms with Crippen LogP contribution in [0.4, 0.5) is 13.2 Å². The molecule has 2 rings (SSSR count). The minimum absolute atomic E-state index is 0.0454. The van der Waals surface area contributed by atoms with Gasteiger partial charge in [0, 0.05) is 11.6 Å². The summed E-state index contributed by atoms with van der Waals surface area (Å²) in [5.41, 5.74) is -0.561. The number of carbonyl (C=O) groups is 1. The van der Waals surface area contributed by atoms with Gasteiger partial charge in [0.1, 0.15) is 11.5 Å². The lowest BCUT2D eigenvalue weighted by Crippen LogP contribution is -2.40. The van der Waals surface area contributed by atoms with Gasteiger partial charge in [0.05, 0.1) is 12.2 Å². The van der Waals surface area contributed by atoms with Crippen LogP contribution in [0.25, 0.3) is 6.08 Å². The molecule has 1 heterocycles. The average molecular weight is 302 g/mol. The summed E-state index contributed by atoms with van der Waals surface area (Å²) in [7, 11) is 0. The Morgan fingerprint density at radius 2 is 2.14 bits per heavy atom. The first kappa shape index (κ1) is 15.2. The Labute approximate surface area is 118 Å². The van der Waals surface area contributed by atoms with E-state index in [1.807, 2.05) is 6.92 Å². The van der Waals surface area contributed by atoms with Crippen LogP contribution in [0.15, 0.2) is 23.8 Å². The molecule has 0 bridgehead atoms. The summed E-state index contributed by atoms with van der Waals surface area (Å²) in [6.45, 7) is 2.33. The molecule has 0 saturated heterocycles. The molecule has 0 saturated carbocycles. The Hall–Kier alpha value is -2.18. The summed E-state index contributed by atoms with van der Waals surface area (Å²) in [6, 6.07) is 4.36. The lowest BCUT2D eigenvalue weighted by atomic mass is 10.0. The predicted octanol–water partition coefficient (Wildman–Crippen LogP) is 3.27. The average Bonchev–Trinajstić information content (AvgIpc) is 2.42. The third kappa shape index (κ3) is 3.29. The number of halogens is 3. The second-order valence-corrected chi connectivity index (χ2v) is 4.49. The van der Waals surface area contributed by atoms with Crippen molar-refractivity contribution in [2.24, 2.45) is 0 Å². The summed E-state index contributed by atoms with van der Waals surface area (Å²) >= 11 is 0. The Balaban J connectivity index is 2.38. The number of alkyl halides is 3. The van der Waals surface area contributed by atoms with E-state index in [2.05, 4.69) is 0 Å². The number of hydrogen-bond acceptors (Lipinski definition) is 3. The highest BCUT2D eigenvalue weighted by Gasteiger charge is 2.48. The highest BCUT2D eigenvalue weighted by molar-refractivity contribution is 5.95. The van der Waals surface area contributed by atoms with Crippen LogP contribution in [0.1, 0.15) is 18.9 Å². The zero-order valence-electron chi connectivity index (χ0n) is 11.1. The van der Waals surface area contributed by atoms with Crippen molar-refractivity contribution in [1.82, 2.24) is 0 Å². The maximum Gasteiger partial charge on any atom is 0.430 e. The molecule has 0 fully saturated rings. The van der Waals surface area contributed by atoms with Crippen LogP contribution in [0.5, 0.6) is 11.5 Å². The quantitative estimate of drug-likeness (QED) is 0.927. The molecule has 1 aromatic carbocycles. The first-order valence-corrected chi connectivity index (χ1v) is 6.28. The van der Waals surface area contributed by atoms with Crippen LogP contribution < -0.4 is 9.47 Å². The van der Waals surface area contributed by atoms with Crippen molar-refractivity contribution in [2.75, 3.05) is 6.61 Å². The fourth-order valence-corrected chi connectivity index (χ4v) is 1.90. The minimum atomic E-state index is -4.80. The number of carboxylic acids is 1. The Morgan fingerprint density at radius 3 is 2.71 bits per heavy atom. The molecule has 0 aliphatic carbocycles. The van der Waals surface area contributed by atoms with Crippen LogP contribution >= 0.6 is 0 Å². The Kier molecular flexibility index (Phi) is 4.11. The smallest absolute Gasteiger partial charge is 0.430 e. The number of carboxylic acid groups (broad SMARTS) is 1. The van der Waals surface area contributed by atoms with E-state index < -0.39 is 23.8 Å². The summed E-state index contributed by atoms with van der Waals surface area (Å²) < 4.78 is 48.8. The fraction of sp³-hybridized carbons (Fsp3) is 0.357. The van der Waals surface area contributed by atoms with Crippen LogP contribution in [-0.4, -0.2) is 30.0 Å². The molecule has 1 N–H and O–H groups in total. The Bertz CT molecular complexity index is 578. The maximum absolute atomic E-state index is 12.9. The van der Waals surface area contributed by atoms with Crippen LogP contribution in [0.3, 0.4) is 0 Å². The number of rotatable bonds is 4. The monoisotopic (exact) mass is 302 g/mol. The van der Waals surface area contributed by atoms with Gasteiger partial charge in [-0.1, -0.05) is 6.92 Å². The second-order valence-electron chi connectivity index (χ2n) is 4.49. The highest BCUT2D eigenvalue weighted by Crippen LogP contribution is 2.38. The van der Waals surface area contributed by atoms with Crippen molar-refractivity contribution in [2.45, 2.75) is 25.6 Å². The number of benzene rings is 1. The van der Waals surface area contributed by atoms with Gasteiger partial charge in [0.25, 0.3) is 0 Å². The van der Waals surface area contributed by atoms with E-state index in [-0.39, 0.29) is 11.3 Å². The van der Waals surface area contributed by atoms with Gasteiger partial charge < -0.3 is 14.6 Å². The zero-order chi connectivity index (χ0) is 15.6. The molecule has 1 aliphatic heterocycles. The van der Waals surface area contributed by atoms with Crippen molar-refractivity contribution in [3.8, 4) is 11.5 Å². The van der Waals surface area contributed by atoms with Crippen LogP contribution in [0.2, 0.25) is 0 Å². The standard InChI is InChI=1S/C14H13F3O4/c1-2-5-20-9-4-3-8-6-10(13(18)19)12(14(15,16)17)21-11(8)7-9/h3-4,6-7,12H,2,5H2,1H3,(H,18,19). The molecule has 4 nitrogen and oxygen atoms in total. The predicted molar refractivity (Wildman–Crippen MR) is 68.3 cm³/mol. The lowest BCUT2D eigenvalue weighted by Gasteiger charge is -2.27. The summed E-state index contributed by atoms with van der Waals surface area (Å²) in [4.78, 5) is 11.0. The molecule has 21 heavy (non-hydrogen) atoms. The Morgan fingerprint density at radius 1 is 1.43 bits per heavy atom. The lowest BCUT2D eigenvalue weighted by molar-refractivity contribution is -0.187. The SMILES string of the molecule is CCCOc1ccc2c(c1)OC(C(F)(F)F)C(C(=O)O)=C2. The molecule has 0 amide bonds. The maximum atomic E-state index is 12.9. The first-order valence-electron chi connectivity index (χ1n) is 6.28. The number of ether oxygens (including phenoxy) is 2. The molecule has 0 spiro atoms. The number of hydrogen-bond donors (Lipinski definition) is 1. The normalized spacial score (nSPS) is 17.5. The molecule has 1 aromatic rings. The van der Waals surface area contributed by atoms with E-state index in [1.165, 1.54) is 12.1 Å². The van der Waals surface area contributed by atoms with Gasteiger partial charge in [-0.15, -0.1) is 0 Å². The van der Waals surface area contributed by atoms with Gasteiger partial charge in [-0.05, 0) is 24.6 Å². The van der Waals surface area contributed by atoms with Crippen LogP contribution in [0, 0.1) is 0 Å². The second kappa shape index (κ2) is 5.67. The van der Waals surface area contributed by atoms with Crippen molar-refractivity contribution in [3.05, 3.63) is 29.3 Å². The van der Waals surface area contributed by atoms with Gasteiger partial charge in [-0.2, -0.15) is 13.2 Å². The molecule has 1 unspecified atom stereocenters. The molecule has 7 heteroatoms. The number of aliphatic carboxylic acids is 1. The van der Waals surface area contributed by atoms with E-state index in [4.69, 9.17) is 14.6 Å². The molecule has 1 atom stereocenters. The van der Waals surface area contributed by atoms with Crippen molar-refractivity contribution in [3.63, 3.8) is 0 Å². The van der Waals surface area contributed by atoms with Gasteiger partial charge >= 0.3 is 12.1 Å². The van der Waals surface area contributed by atoms with Gasteiger partial charge in [-0.25, -0.2) is 4.79 Å². The van der Waals surface area contributed by atoms with E-state index in [1.54, 1.807) is 6.07 Å². The van der Waals surface area contributed by atoms with Gasteiger partial charge in [0.15, 0.2) is 0 Å². The van der Waals surface area contributed by atoms with E-state index in [9.17, 15) is 18.0 Å². The third-order valence-corrected chi connectivity index (χ3v) is 2.84. The summed E-state index contributed by atoms with van der Waals surface area (Å²) in [6.07, 6.45) is -5.55. The van der Waals surface area contributed by atoms with Crippen molar-refractivity contribution >= 4 is 12.0 Å². The molecule has 0 radical (unpaired) electrons. The van der Waals surface area contributed by atoms with E-state index in [0.717, 1.165) is 12.5 Å². The van der Waals surface area contributed by atoms with E-state index in [0.29, 0.717) is 12.4 Å². The molecule has 0 aromatic heterocycles. The molecular formula is C14H13F3O4. The van der Waals surface area contributed by atoms with Crippen molar-refractivity contribution < 1.29 is 32.5 Å². The zero-order valence-corrected chi connectivity index (χ0v) is 11.1. The summed E-state index contributed by atoms with van der Waals surface area (Å²) in [5, 5.41) is 8.90.